The first kappa shape index (κ1) is 19.7. The third kappa shape index (κ3) is 4.29. The number of halogens is 2. The molecule has 7 heteroatoms. The van der Waals surface area contributed by atoms with Crippen LogP contribution in [-0.2, 0) is 4.79 Å². The highest BCUT2D eigenvalue weighted by Gasteiger charge is 2.35. The van der Waals surface area contributed by atoms with Crippen molar-refractivity contribution in [3.8, 4) is 0 Å². The van der Waals surface area contributed by atoms with Gasteiger partial charge in [0.1, 0.15) is 11.6 Å². The number of piperidine rings is 2. The number of nitrogens with two attached hydrogens (primary N) is 1. The molecule has 2 atom stereocenters. The van der Waals surface area contributed by atoms with E-state index in [0.717, 1.165) is 25.5 Å². The molecule has 2 saturated heterocycles. The Morgan fingerprint density at radius 2 is 1.85 bits per heavy atom. The van der Waals surface area contributed by atoms with Gasteiger partial charge in [-0.25, -0.2) is 8.78 Å². The number of carbonyl (C=O) groups excluding carboxylic acids is 2. The van der Waals surface area contributed by atoms with Crippen LogP contribution >= 0.6 is 0 Å². The maximum absolute atomic E-state index is 13.9. The number of hydrogen-bond acceptors (Lipinski definition) is 3. The van der Waals surface area contributed by atoms with E-state index >= 15 is 0 Å². The Hall–Kier alpha value is -2.02. The molecule has 2 unspecified atom stereocenters. The van der Waals surface area contributed by atoms with Crippen molar-refractivity contribution in [2.24, 2.45) is 17.6 Å². The predicted octanol–water partition coefficient (Wildman–Crippen LogP) is 2.40. The summed E-state index contributed by atoms with van der Waals surface area (Å²) >= 11 is 0. The van der Waals surface area contributed by atoms with E-state index < -0.39 is 17.5 Å². The van der Waals surface area contributed by atoms with Crippen LogP contribution in [0.25, 0.3) is 0 Å². The number of nitrogens with zero attached hydrogens (tertiary/aromatic N) is 2. The minimum atomic E-state index is -0.855. The van der Waals surface area contributed by atoms with Gasteiger partial charge in [-0.1, -0.05) is 6.92 Å². The maximum atomic E-state index is 13.9. The highest BCUT2D eigenvalue weighted by molar-refractivity contribution is 5.94. The first-order valence-electron chi connectivity index (χ1n) is 9.65. The zero-order valence-electron chi connectivity index (χ0n) is 15.7. The Kier molecular flexibility index (Phi) is 6.09. The van der Waals surface area contributed by atoms with Crippen LogP contribution in [0, 0.1) is 23.5 Å². The lowest BCUT2D eigenvalue weighted by molar-refractivity contribution is -0.141. The van der Waals surface area contributed by atoms with Crippen LogP contribution in [0.4, 0.5) is 8.78 Å². The van der Waals surface area contributed by atoms with E-state index in [1.165, 1.54) is 6.07 Å². The van der Waals surface area contributed by atoms with Crippen molar-refractivity contribution in [3.63, 3.8) is 0 Å². The third-order valence-corrected chi connectivity index (χ3v) is 5.83. The Bertz CT molecular complexity index is 704. The van der Waals surface area contributed by atoms with Crippen molar-refractivity contribution in [2.75, 3.05) is 26.2 Å². The van der Waals surface area contributed by atoms with Crippen LogP contribution in [0.2, 0.25) is 0 Å². The van der Waals surface area contributed by atoms with E-state index in [4.69, 9.17) is 5.73 Å². The molecule has 148 valence electrons. The van der Waals surface area contributed by atoms with E-state index in [-0.39, 0.29) is 23.4 Å². The van der Waals surface area contributed by atoms with Gasteiger partial charge in [-0.2, -0.15) is 0 Å². The Morgan fingerprint density at radius 1 is 1.15 bits per heavy atom. The topological polar surface area (TPSA) is 66.6 Å². The minimum absolute atomic E-state index is 0.0919. The highest BCUT2D eigenvalue weighted by Crippen LogP contribution is 2.27. The fraction of sp³-hybridized carbons (Fsp3) is 0.600. The lowest BCUT2D eigenvalue weighted by Crippen LogP contribution is -2.52. The van der Waals surface area contributed by atoms with Crippen molar-refractivity contribution < 1.29 is 18.4 Å². The summed E-state index contributed by atoms with van der Waals surface area (Å²) in [5.74, 6) is -1.45. The molecule has 0 aromatic heterocycles. The number of carbonyl (C=O) groups is 2. The second-order valence-corrected chi connectivity index (χ2v) is 7.74. The highest BCUT2D eigenvalue weighted by atomic mass is 19.1. The standard InChI is InChI=1S/C20H27F2N3O2/c1-13-4-9-25(16(10-13)12-23)19(26)14-5-7-24(8-6-14)20(27)17-3-2-15(21)11-18(17)22/h2-3,11,13-14,16H,4-10,12,23H2,1H3. The fourth-order valence-electron chi connectivity index (χ4n) is 4.16. The lowest BCUT2D eigenvalue weighted by Gasteiger charge is -2.41. The van der Waals surface area contributed by atoms with Gasteiger partial charge in [0.05, 0.1) is 5.56 Å². The van der Waals surface area contributed by atoms with Gasteiger partial charge in [0.15, 0.2) is 0 Å². The smallest absolute Gasteiger partial charge is 0.256 e. The van der Waals surface area contributed by atoms with E-state index in [9.17, 15) is 18.4 Å². The summed E-state index contributed by atoms with van der Waals surface area (Å²) < 4.78 is 26.9. The van der Waals surface area contributed by atoms with E-state index in [1.807, 2.05) is 4.90 Å². The van der Waals surface area contributed by atoms with Crippen molar-refractivity contribution in [1.82, 2.24) is 9.80 Å². The molecule has 0 radical (unpaired) electrons. The number of rotatable bonds is 3. The maximum Gasteiger partial charge on any atom is 0.256 e. The normalized spacial score (nSPS) is 24.1. The van der Waals surface area contributed by atoms with Crippen molar-refractivity contribution in [3.05, 3.63) is 35.4 Å². The van der Waals surface area contributed by atoms with Gasteiger partial charge in [-0.05, 0) is 43.7 Å². The second-order valence-electron chi connectivity index (χ2n) is 7.74. The number of amides is 2. The van der Waals surface area contributed by atoms with Gasteiger partial charge < -0.3 is 15.5 Å². The summed E-state index contributed by atoms with van der Waals surface area (Å²) in [6.45, 7) is 4.18. The monoisotopic (exact) mass is 379 g/mol. The molecule has 0 saturated carbocycles. The molecule has 27 heavy (non-hydrogen) atoms. The van der Waals surface area contributed by atoms with E-state index in [1.54, 1.807) is 4.90 Å². The summed E-state index contributed by atoms with van der Waals surface area (Å²) in [6, 6.07) is 3.06. The first-order chi connectivity index (χ1) is 12.9. The average molecular weight is 379 g/mol. The molecule has 2 aliphatic heterocycles. The lowest BCUT2D eigenvalue weighted by atomic mass is 9.89. The molecule has 0 spiro atoms. The van der Waals surface area contributed by atoms with Gasteiger partial charge in [0.2, 0.25) is 5.91 Å². The molecule has 0 bridgehead atoms. The SMILES string of the molecule is CC1CCN(C(=O)C2CCN(C(=O)c3ccc(F)cc3F)CC2)C(CN)C1. The van der Waals surface area contributed by atoms with Crippen molar-refractivity contribution >= 4 is 11.8 Å². The predicted molar refractivity (Wildman–Crippen MR) is 97.9 cm³/mol. The van der Waals surface area contributed by atoms with Gasteiger partial charge in [-0.3, -0.25) is 9.59 Å². The molecular formula is C20H27F2N3O2. The molecule has 2 amide bonds. The first-order valence-corrected chi connectivity index (χ1v) is 9.65. The zero-order valence-corrected chi connectivity index (χ0v) is 15.7. The third-order valence-electron chi connectivity index (χ3n) is 5.83. The molecule has 5 nitrogen and oxygen atoms in total. The molecule has 2 N–H and O–H groups in total. The molecule has 2 fully saturated rings. The van der Waals surface area contributed by atoms with Gasteiger partial charge in [-0.15, -0.1) is 0 Å². The zero-order chi connectivity index (χ0) is 19.6. The Morgan fingerprint density at radius 3 is 2.48 bits per heavy atom. The van der Waals surface area contributed by atoms with Crippen molar-refractivity contribution in [2.45, 2.75) is 38.6 Å². The summed E-state index contributed by atoms with van der Waals surface area (Å²) in [4.78, 5) is 28.9. The van der Waals surface area contributed by atoms with Crippen molar-refractivity contribution in [1.29, 1.82) is 0 Å². The molecular weight excluding hydrogens is 352 g/mol. The Balaban J connectivity index is 1.59. The summed E-state index contributed by atoms with van der Waals surface area (Å²) in [5.41, 5.74) is 5.73. The van der Waals surface area contributed by atoms with E-state index in [0.29, 0.717) is 44.5 Å². The van der Waals surface area contributed by atoms with Crippen LogP contribution in [0.5, 0.6) is 0 Å². The minimum Gasteiger partial charge on any atom is -0.339 e. The Labute approximate surface area is 158 Å². The largest absolute Gasteiger partial charge is 0.339 e. The second kappa shape index (κ2) is 8.33. The quantitative estimate of drug-likeness (QED) is 0.877. The molecule has 2 aliphatic rings. The van der Waals surface area contributed by atoms with Crippen LogP contribution in [-0.4, -0.2) is 53.8 Å². The van der Waals surface area contributed by atoms with Gasteiger partial charge >= 0.3 is 0 Å². The molecule has 0 aliphatic carbocycles. The fourth-order valence-corrected chi connectivity index (χ4v) is 4.16. The molecule has 3 rings (SSSR count). The van der Waals surface area contributed by atoms with E-state index in [2.05, 4.69) is 6.92 Å². The summed E-state index contributed by atoms with van der Waals surface area (Å²) in [6.07, 6.45) is 3.03. The van der Waals surface area contributed by atoms with Crippen LogP contribution in [0.3, 0.4) is 0 Å². The number of benzene rings is 1. The number of hydrogen-bond donors (Lipinski definition) is 1. The summed E-state index contributed by atoms with van der Waals surface area (Å²) in [5, 5.41) is 0. The molecule has 1 aromatic rings. The number of likely N-dealkylation sites (tertiary alicyclic amines) is 2. The summed E-state index contributed by atoms with van der Waals surface area (Å²) in [7, 11) is 0. The van der Waals surface area contributed by atoms with Crippen LogP contribution in [0.1, 0.15) is 43.0 Å². The molecule has 1 aromatic carbocycles. The van der Waals surface area contributed by atoms with Crippen LogP contribution < -0.4 is 5.73 Å². The van der Waals surface area contributed by atoms with Gasteiger partial charge in [0.25, 0.3) is 5.91 Å². The van der Waals surface area contributed by atoms with Crippen LogP contribution in [0.15, 0.2) is 18.2 Å². The average Bonchev–Trinajstić information content (AvgIpc) is 2.67. The van der Waals surface area contributed by atoms with Gasteiger partial charge in [0, 0.05) is 44.2 Å². The molecule has 2 heterocycles.